The van der Waals surface area contributed by atoms with E-state index in [4.69, 9.17) is 5.73 Å². The molecule has 3 rings (SSSR count). The van der Waals surface area contributed by atoms with Crippen molar-refractivity contribution in [2.45, 2.75) is 25.7 Å². The summed E-state index contributed by atoms with van der Waals surface area (Å²) in [7, 11) is 0. The summed E-state index contributed by atoms with van der Waals surface area (Å²) in [6.45, 7) is 0. The van der Waals surface area contributed by atoms with Crippen LogP contribution in [0.2, 0.25) is 0 Å². The first-order valence-electron chi connectivity index (χ1n) is 6.41. The molecule has 18 heavy (non-hydrogen) atoms. The first-order chi connectivity index (χ1) is 8.74. The van der Waals surface area contributed by atoms with Crippen LogP contribution in [0.25, 0.3) is 11.1 Å². The summed E-state index contributed by atoms with van der Waals surface area (Å²) >= 11 is 0. The number of rotatable bonds is 1. The highest BCUT2D eigenvalue weighted by atomic mass is 19.1. The van der Waals surface area contributed by atoms with Gasteiger partial charge in [-0.15, -0.1) is 0 Å². The molecule has 0 atom stereocenters. The second-order valence-electron chi connectivity index (χ2n) is 4.93. The number of nitrogen functional groups attached to an aromatic ring is 1. The third kappa shape index (κ3) is 1.99. The quantitative estimate of drug-likeness (QED) is 0.751. The molecule has 0 aromatic heterocycles. The van der Waals surface area contributed by atoms with Crippen LogP contribution in [0.4, 0.5) is 10.1 Å². The van der Waals surface area contributed by atoms with Gasteiger partial charge in [-0.1, -0.05) is 18.2 Å². The van der Waals surface area contributed by atoms with Gasteiger partial charge in [0.1, 0.15) is 5.82 Å². The Hall–Kier alpha value is -1.83. The molecule has 1 aliphatic carbocycles. The van der Waals surface area contributed by atoms with Gasteiger partial charge in [0.05, 0.1) is 0 Å². The molecular weight excluding hydrogens is 225 g/mol. The van der Waals surface area contributed by atoms with Crippen LogP contribution in [0, 0.1) is 5.82 Å². The van der Waals surface area contributed by atoms with Gasteiger partial charge in [-0.05, 0) is 60.6 Å². The summed E-state index contributed by atoms with van der Waals surface area (Å²) in [6, 6.07) is 11.2. The Morgan fingerprint density at radius 2 is 1.67 bits per heavy atom. The van der Waals surface area contributed by atoms with Gasteiger partial charge in [0.25, 0.3) is 0 Å². The van der Waals surface area contributed by atoms with E-state index in [1.165, 1.54) is 30.0 Å². The van der Waals surface area contributed by atoms with Crippen LogP contribution in [0.1, 0.15) is 24.0 Å². The van der Waals surface area contributed by atoms with E-state index >= 15 is 0 Å². The lowest BCUT2D eigenvalue weighted by atomic mass is 9.89. The average Bonchev–Trinajstić information content (AvgIpc) is 2.38. The molecule has 0 bridgehead atoms. The molecule has 0 spiro atoms. The SMILES string of the molecule is Nc1ccc(-c2ccc3c(c2)CCCC3)c(F)c1. The van der Waals surface area contributed by atoms with Gasteiger partial charge >= 0.3 is 0 Å². The maximum Gasteiger partial charge on any atom is 0.133 e. The second kappa shape index (κ2) is 4.45. The molecule has 0 unspecified atom stereocenters. The van der Waals surface area contributed by atoms with Crippen LogP contribution in [0.5, 0.6) is 0 Å². The molecule has 0 heterocycles. The molecule has 0 fully saturated rings. The summed E-state index contributed by atoms with van der Waals surface area (Å²) in [4.78, 5) is 0. The van der Waals surface area contributed by atoms with E-state index in [2.05, 4.69) is 12.1 Å². The van der Waals surface area contributed by atoms with Gasteiger partial charge in [0.15, 0.2) is 0 Å². The Balaban J connectivity index is 2.06. The number of hydrogen-bond acceptors (Lipinski definition) is 1. The van der Waals surface area contributed by atoms with Crippen molar-refractivity contribution in [3.8, 4) is 11.1 Å². The molecule has 1 aliphatic rings. The van der Waals surface area contributed by atoms with Crippen molar-refractivity contribution < 1.29 is 4.39 Å². The van der Waals surface area contributed by atoms with Crippen molar-refractivity contribution in [1.29, 1.82) is 0 Å². The molecule has 0 radical (unpaired) electrons. The molecule has 2 aromatic rings. The smallest absolute Gasteiger partial charge is 0.133 e. The van der Waals surface area contributed by atoms with Crippen molar-refractivity contribution in [1.82, 2.24) is 0 Å². The van der Waals surface area contributed by atoms with Gasteiger partial charge in [-0.2, -0.15) is 0 Å². The monoisotopic (exact) mass is 241 g/mol. The molecule has 92 valence electrons. The molecule has 2 aromatic carbocycles. The fourth-order valence-electron chi connectivity index (χ4n) is 2.67. The topological polar surface area (TPSA) is 26.0 Å². The van der Waals surface area contributed by atoms with E-state index in [9.17, 15) is 4.39 Å². The highest BCUT2D eigenvalue weighted by molar-refractivity contribution is 5.67. The zero-order valence-electron chi connectivity index (χ0n) is 10.2. The zero-order valence-corrected chi connectivity index (χ0v) is 10.2. The summed E-state index contributed by atoms with van der Waals surface area (Å²) < 4.78 is 13.9. The second-order valence-corrected chi connectivity index (χ2v) is 4.93. The molecule has 0 aliphatic heterocycles. The lowest BCUT2D eigenvalue weighted by molar-refractivity contribution is 0.632. The molecule has 1 nitrogen and oxygen atoms in total. The standard InChI is InChI=1S/C16H16FN/c17-16-10-14(18)7-8-15(16)13-6-5-11-3-1-2-4-12(11)9-13/h5-10H,1-4,18H2. The van der Waals surface area contributed by atoms with Gasteiger partial charge in [0.2, 0.25) is 0 Å². The predicted octanol–water partition coefficient (Wildman–Crippen LogP) is 3.95. The molecule has 2 N–H and O–H groups in total. The van der Waals surface area contributed by atoms with Gasteiger partial charge < -0.3 is 5.73 Å². The van der Waals surface area contributed by atoms with Crippen molar-refractivity contribution in [2.75, 3.05) is 5.73 Å². The van der Waals surface area contributed by atoms with Gasteiger partial charge in [-0.25, -0.2) is 4.39 Å². The first-order valence-corrected chi connectivity index (χ1v) is 6.41. The molecule has 0 saturated heterocycles. The lowest BCUT2D eigenvalue weighted by Crippen LogP contribution is -2.02. The highest BCUT2D eigenvalue weighted by Gasteiger charge is 2.12. The Kier molecular flexibility index (Phi) is 2.78. The third-order valence-electron chi connectivity index (χ3n) is 3.65. The maximum atomic E-state index is 13.9. The molecular formula is C16H16FN. The number of benzene rings is 2. The molecule has 0 amide bonds. The zero-order chi connectivity index (χ0) is 12.5. The maximum absolute atomic E-state index is 13.9. The normalized spacial score (nSPS) is 14.3. The summed E-state index contributed by atoms with van der Waals surface area (Å²) in [5, 5.41) is 0. The van der Waals surface area contributed by atoms with Crippen molar-refractivity contribution in [2.24, 2.45) is 0 Å². The largest absolute Gasteiger partial charge is 0.399 e. The number of nitrogens with two attached hydrogens (primary N) is 1. The van der Waals surface area contributed by atoms with Crippen LogP contribution in [-0.4, -0.2) is 0 Å². The predicted molar refractivity (Wildman–Crippen MR) is 72.9 cm³/mol. The van der Waals surface area contributed by atoms with Gasteiger partial charge in [-0.3, -0.25) is 0 Å². The summed E-state index contributed by atoms with van der Waals surface area (Å²) in [5.41, 5.74) is 10.4. The van der Waals surface area contributed by atoms with Crippen LogP contribution in [0.3, 0.4) is 0 Å². The number of hydrogen-bond donors (Lipinski definition) is 1. The van der Waals surface area contributed by atoms with Crippen LogP contribution < -0.4 is 5.73 Å². The van der Waals surface area contributed by atoms with E-state index in [0.717, 1.165) is 18.4 Å². The van der Waals surface area contributed by atoms with E-state index in [0.29, 0.717) is 11.3 Å². The Morgan fingerprint density at radius 1 is 0.889 bits per heavy atom. The van der Waals surface area contributed by atoms with Crippen molar-refractivity contribution in [3.63, 3.8) is 0 Å². The van der Waals surface area contributed by atoms with Crippen molar-refractivity contribution in [3.05, 3.63) is 53.3 Å². The highest BCUT2D eigenvalue weighted by Crippen LogP contribution is 2.29. The van der Waals surface area contributed by atoms with Crippen molar-refractivity contribution >= 4 is 5.69 Å². The Morgan fingerprint density at radius 3 is 2.44 bits per heavy atom. The number of fused-ring (bicyclic) bond motifs is 1. The number of aryl methyl sites for hydroxylation is 2. The fraction of sp³-hybridized carbons (Fsp3) is 0.250. The minimum Gasteiger partial charge on any atom is -0.399 e. The lowest BCUT2D eigenvalue weighted by Gasteiger charge is -2.17. The number of anilines is 1. The van der Waals surface area contributed by atoms with E-state index in [1.54, 1.807) is 12.1 Å². The minimum absolute atomic E-state index is 0.245. The first kappa shape index (κ1) is 11.3. The van der Waals surface area contributed by atoms with Gasteiger partial charge in [0, 0.05) is 11.3 Å². The average molecular weight is 241 g/mol. The van der Waals surface area contributed by atoms with Crippen LogP contribution in [0.15, 0.2) is 36.4 Å². The van der Waals surface area contributed by atoms with E-state index < -0.39 is 0 Å². The Bertz CT molecular complexity index is 590. The third-order valence-corrected chi connectivity index (χ3v) is 3.65. The van der Waals surface area contributed by atoms with E-state index in [1.807, 2.05) is 6.07 Å². The summed E-state index contributed by atoms with van der Waals surface area (Å²) in [5.74, 6) is -0.245. The molecule has 0 saturated carbocycles. The number of halogens is 1. The summed E-state index contributed by atoms with van der Waals surface area (Å²) in [6.07, 6.45) is 4.77. The van der Waals surface area contributed by atoms with Crippen LogP contribution >= 0.6 is 0 Å². The Labute approximate surface area is 106 Å². The minimum atomic E-state index is -0.245. The van der Waals surface area contributed by atoms with E-state index in [-0.39, 0.29) is 5.82 Å². The molecule has 2 heteroatoms. The van der Waals surface area contributed by atoms with Crippen LogP contribution in [-0.2, 0) is 12.8 Å². The fourth-order valence-corrected chi connectivity index (χ4v) is 2.67.